The normalized spacial score (nSPS) is 10.3. The second-order valence-corrected chi connectivity index (χ2v) is 5.00. The van der Waals surface area contributed by atoms with Crippen molar-refractivity contribution >= 4 is 17.2 Å². The molecule has 0 atom stereocenters. The molecule has 0 spiro atoms. The highest BCUT2D eigenvalue weighted by Crippen LogP contribution is 2.13. The molecule has 18 heavy (non-hydrogen) atoms. The zero-order valence-electron chi connectivity index (χ0n) is 10.6. The van der Waals surface area contributed by atoms with Gasteiger partial charge in [0.2, 0.25) is 5.88 Å². The summed E-state index contributed by atoms with van der Waals surface area (Å²) in [6.45, 7) is 3.74. The minimum Gasteiger partial charge on any atom is -0.477 e. The minimum absolute atomic E-state index is 0.671. The summed E-state index contributed by atoms with van der Waals surface area (Å²) in [6.07, 6.45) is 2.02. The number of pyridine rings is 1. The van der Waals surface area contributed by atoms with Gasteiger partial charge in [-0.05, 0) is 23.9 Å². The van der Waals surface area contributed by atoms with Crippen LogP contribution in [-0.2, 0) is 6.42 Å². The van der Waals surface area contributed by atoms with Gasteiger partial charge in [-0.1, -0.05) is 19.1 Å². The maximum Gasteiger partial charge on any atom is 0.215 e. The molecule has 0 amide bonds. The van der Waals surface area contributed by atoms with Gasteiger partial charge in [0.1, 0.15) is 5.82 Å². The lowest BCUT2D eigenvalue weighted by Gasteiger charge is -2.07. The molecule has 0 fully saturated rings. The molecule has 0 bridgehead atoms. The van der Waals surface area contributed by atoms with Crippen molar-refractivity contribution in [1.82, 2.24) is 4.98 Å². The quantitative estimate of drug-likeness (QED) is 0.828. The summed E-state index contributed by atoms with van der Waals surface area (Å²) in [7, 11) is 0. The molecule has 4 heteroatoms. The first-order chi connectivity index (χ1) is 8.88. The van der Waals surface area contributed by atoms with Crippen molar-refractivity contribution in [3.05, 3.63) is 40.6 Å². The fraction of sp³-hybridized carbons (Fsp3) is 0.357. The van der Waals surface area contributed by atoms with Gasteiger partial charge in [-0.25, -0.2) is 0 Å². The van der Waals surface area contributed by atoms with E-state index >= 15 is 0 Å². The molecular formula is C14H18N2OS. The van der Waals surface area contributed by atoms with E-state index < -0.39 is 0 Å². The number of nitrogens with zero attached hydrogens (tertiary/aromatic N) is 1. The monoisotopic (exact) mass is 262 g/mol. The second kappa shape index (κ2) is 7.01. The molecule has 0 saturated carbocycles. The van der Waals surface area contributed by atoms with Crippen LogP contribution in [0.25, 0.3) is 0 Å². The van der Waals surface area contributed by atoms with Crippen LogP contribution in [0.5, 0.6) is 5.88 Å². The van der Waals surface area contributed by atoms with E-state index in [1.807, 2.05) is 18.2 Å². The first kappa shape index (κ1) is 12.9. The highest BCUT2D eigenvalue weighted by Gasteiger charge is 1.99. The molecule has 2 heterocycles. The van der Waals surface area contributed by atoms with Gasteiger partial charge in [-0.2, -0.15) is 4.98 Å². The van der Waals surface area contributed by atoms with Crippen molar-refractivity contribution in [2.75, 3.05) is 18.5 Å². The molecule has 2 rings (SSSR count). The number of thiophene rings is 1. The van der Waals surface area contributed by atoms with Crippen LogP contribution in [0.15, 0.2) is 35.7 Å². The van der Waals surface area contributed by atoms with Crippen molar-refractivity contribution < 1.29 is 4.74 Å². The lowest BCUT2D eigenvalue weighted by atomic mass is 10.4. The Balaban J connectivity index is 1.81. The fourth-order valence-electron chi connectivity index (χ4n) is 1.56. The number of hydrogen-bond acceptors (Lipinski definition) is 4. The highest BCUT2D eigenvalue weighted by atomic mass is 32.1. The van der Waals surface area contributed by atoms with E-state index in [4.69, 9.17) is 4.74 Å². The molecule has 0 aliphatic heterocycles. The molecule has 1 N–H and O–H groups in total. The molecule has 0 aliphatic rings. The molecule has 2 aromatic heterocycles. The SMILES string of the molecule is CCCNc1cccc(OCCc2cccs2)n1. The Labute approximate surface area is 112 Å². The molecule has 0 unspecified atom stereocenters. The molecule has 3 nitrogen and oxygen atoms in total. The van der Waals surface area contributed by atoms with Crippen molar-refractivity contribution in [1.29, 1.82) is 0 Å². The molecule has 96 valence electrons. The Bertz CT molecular complexity index is 457. The standard InChI is InChI=1S/C14H18N2OS/c1-2-9-15-13-6-3-7-14(16-13)17-10-8-12-5-4-11-18-12/h3-7,11H,2,8-10H2,1H3,(H,15,16). The molecule has 2 aromatic rings. The van der Waals surface area contributed by atoms with Crippen molar-refractivity contribution in [3.63, 3.8) is 0 Å². The van der Waals surface area contributed by atoms with Crippen LogP contribution in [0.1, 0.15) is 18.2 Å². The number of anilines is 1. The zero-order chi connectivity index (χ0) is 12.6. The number of hydrogen-bond donors (Lipinski definition) is 1. The summed E-state index contributed by atoms with van der Waals surface area (Å²) in [4.78, 5) is 5.74. The molecule has 0 radical (unpaired) electrons. The smallest absolute Gasteiger partial charge is 0.215 e. The maximum atomic E-state index is 5.66. The van der Waals surface area contributed by atoms with E-state index in [2.05, 4.69) is 34.7 Å². The predicted octanol–water partition coefficient (Wildman–Crippen LogP) is 3.59. The Morgan fingerprint density at radius 3 is 3.00 bits per heavy atom. The van der Waals surface area contributed by atoms with E-state index in [0.29, 0.717) is 12.5 Å². The van der Waals surface area contributed by atoms with Crippen LogP contribution in [-0.4, -0.2) is 18.1 Å². The Kier molecular flexibility index (Phi) is 5.02. The molecule has 0 aliphatic carbocycles. The second-order valence-electron chi connectivity index (χ2n) is 3.97. The number of nitrogens with one attached hydrogen (secondary N) is 1. The van der Waals surface area contributed by atoms with Gasteiger partial charge in [0.05, 0.1) is 6.61 Å². The van der Waals surface area contributed by atoms with E-state index in [0.717, 1.165) is 25.2 Å². The van der Waals surface area contributed by atoms with E-state index in [1.54, 1.807) is 11.3 Å². The topological polar surface area (TPSA) is 34.1 Å². The van der Waals surface area contributed by atoms with Gasteiger partial charge in [0, 0.05) is 23.9 Å². The van der Waals surface area contributed by atoms with Crippen LogP contribution >= 0.6 is 11.3 Å². The first-order valence-corrected chi connectivity index (χ1v) is 7.12. The Morgan fingerprint density at radius 2 is 2.22 bits per heavy atom. The largest absolute Gasteiger partial charge is 0.477 e. The zero-order valence-corrected chi connectivity index (χ0v) is 11.4. The van der Waals surface area contributed by atoms with Crippen molar-refractivity contribution in [2.45, 2.75) is 19.8 Å². The summed E-state index contributed by atoms with van der Waals surface area (Å²) in [5, 5.41) is 5.34. The van der Waals surface area contributed by atoms with Gasteiger partial charge in [0.15, 0.2) is 0 Å². The minimum atomic E-state index is 0.671. The average Bonchev–Trinajstić information content (AvgIpc) is 2.90. The van der Waals surface area contributed by atoms with Crippen LogP contribution in [0.4, 0.5) is 5.82 Å². The van der Waals surface area contributed by atoms with Gasteiger partial charge in [-0.3, -0.25) is 0 Å². The van der Waals surface area contributed by atoms with Crippen LogP contribution < -0.4 is 10.1 Å². The molecular weight excluding hydrogens is 244 g/mol. The third kappa shape index (κ3) is 4.04. The van der Waals surface area contributed by atoms with Crippen molar-refractivity contribution in [3.8, 4) is 5.88 Å². The van der Waals surface area contributed by atoms with Gasteiger partial charge >= 0.3 is 0 Å². The first-order valence-electron chi connectivity index (χ1n) is 6.24. The van der Waals surface area contributed by atoms with E-state index in [1.165, 1.54) is 4.88 Å². The van der Waals surface area contributed by atoms with Crippen LogP contribution in [0.3, 0.4) is 0 Å². The summed E-state index contributed by atoms with van der Waals surface area (Å²) < 4.78 is 5.66. The fourth-order valence-corrected chi connectivity index (χ4v) is 2.25. The summed E-state index contributed by atoms with van der Waals surface area (Å²) in [5.41, 5.74) is 0. The third-order valence-electron chi connectivity index (χ3n) is 2.46. The van der Waals surface area contributed by atoms with Gasteiger partial charge < -0.3 is 10.1 Å². The predicted molar refractivity (Wildman–Crippen MR) is 76.5 cm³/mol. The average molecular weight is 262 g/mol. The van der Waals surface area contributed by atoms with Crippen LogP contribution in [0, 0.1) is 0 Å². The molecule has 0 saturated heterocycles. The maximum absolute atomic E-state index is 5.66. The lowest BCUT2D eigenvalue weighted by Crippen LogP contribution is -2.05. The Morgan fingerprint density at radius 1 is 1.28 bits per heavy atom. The molecule has 0 aromatic carbocycles. The third-order valence-corrected chi connectivity index (χ3v) is 3.39. The summed E-state index contributed by atoms with van der Waals surface area (Å²) in [6, 6.07) is 10.0. The Hall–Kier alpha value is -1.55. The van der Waals surface area contributed by atoms with E-state index in [9.17, 15) is 0 Å². The summed E-state index contributed by atoms with van der Waals surface area (Å²) in [5.74, 6) is 1.57. The number of rotatable bonds is 7. The van der Waals surface area contributed by atoms with E-state index in [-0.39, 0.29) is 0 Å². The number of aromatic nitrogens is 1. The van der Waals surface area contributed by atoms with Gasteiger partial charge in [0.25, 0.3) is 0 Å². The lowest BCUT2D eigenvalue weighted by molar-refractivity contribution is 0.311. The summed E-state index contributed by atoms with van der Waals surface area (Å²) >= 11 is 1.76. The van der Waals surface area contributed by atoms with Crippen molar-refractivity contribution in [2.24, 2.45) is 0 Å². The number of ether oxygens (including phenoxy) is 1. The van der Waals surface area contributed by atoms with Crippen LogP contribution in [0.2, 0.25) is 0 Å². The highest BCUT2D eigenvalue weighted by molar-refractivity contribution is 7.09. The van der Waals surface area contributed by atoms with Gasteiger partial charge in [-0.15, -0.1) is 11.3 Å².